The third-order valence-electron chi connectivity index (χ3n) is 2.80. The molecule has 0 aliphatic heterocycles. The highest BCUT2D eigenvalue weighted by Gasteiger charge is 2.46. The van der Waals surface area contributed by atoms with Crippen molar-refractivity contribution in [2.45, 2.75) is 25.1 Å². The Balaban J connectivity index is 3.21. The van der Waals surface area contributed by atoms with Crippen LogP contribution >= 0.6 is 0 Å². The SMILES string of the molecule is COC(=O)/C(=C1\C[C@H](C(=O)O)C[C@@H]1N)C(F)(F)F. The first-order valence-corrected chi connectivity index (χ1v) is 5.05. The van der Waals surface area contributed by atoms with Crippen LogP contribution in [0.25, 0.3) is 0 Å². The van der Waals surface area contributed by atoms with Gasteiger partial charge in [0.15, 0.2) is 0 Å². The van der Waals surface area contributed by atoms with Crippen LogP contribution in [-0.2, 0) is 14.3 Å². The van der Waals surface area contributed by atoms with Crippen LogP contribution in [-0.4, -0.2) is 36.4 Å². The Labute approximate surface area is 100 Å². The van der Waals surface area contributed by atoms with E-state index in [4.69, 9.17) is 10.8 Å². The van der Waals surface area contributed by atoms with Crippen LogP contribution in [0.1, 0.15) is 12.8 Å². The third kappa shape index (κ3) is 2.81. The number of hydrogen-bond acceptors (Lipinski definition) is 4. The first-order chi connectivity index (χ1) is 8.18. The molecule has 18 heavy (non-hydrogen) atoms. The lowest BCUT2D eigenvalue weighted by Gasteiger charge is -2.15. The maximum Gasteiger partial charge on any atom is 0.423 e. The fourth-order valence-corrected chi connectivity index (χ4v) is 1.96. The van der Waals surface area contributed by atoms with Crippen LogP contribution in [0.2, 0.25) is 0 Å². The van der Waals surface area contributed by atoms with Gasteiger partial charge in [-0.2, -0.15) is 13.2 Å². The van der Waals surface area contributed by atoms with Crippen LogP contribution in [0, 0.1) is 5.92 Å². The van der Waals surface area contributed by atoms with E-state index in [2.05, 4.69) is 4.74 Å². The molecule has 0 unspecified atom stereocenters. The first-order valence-electron chi connectivity index (χ1n) is 5.05. The van der Waals surface area contributed by atoms with Crippen LogP contribution in [0.15, 0.2) is 11.1 Å². The van der Waals surface area contributed by atoms with E-state index in [9.17, 15) is 22.8 Å². The number of methoxy groups -OCH3 is 1. The number of hydrogen-bond donors (Lipinski definition) is 2. The fourth-order valence-electron chi connectivity index (χ4n) is 1.96. The predicted molar refractivity (Wildman–Crippen MR) is 53.4 cm³/mol. The molecule has 0 saturated heterocycles. The number of carbonyl (C=O) groups is 2. The monoisotopic (exact) mass is 267 g/mol. The Morgan fingerprint density at radius 1 is 1.44 bits per heavy atom. The maximum absolute atomic E-state index is 12.7. The number of rotatable bonds is 2. The molecule has 2 atom stereocenters. The van der Waals surface area contributed by atoms with Gasteiger partial charge in [-0.25, -0.2) is 4.79 Å². The molecule has 1 saturated carbocycles. The van der Waals surface area contributed by atoms with E-state index in [1.807, 2.05) is 0 Å². The Kier molecular flexibility index (Phi) is 4.00. The highest BCUT2D eigenvalue weighted by molar-refractivity contribution is 5.91. The molecule has 1 fully saturated rings. The lowest BCUT2D eigenvalue weighted by molar-refractivity contribution is -0.148. The number of ether oxygens (including phenoxy) is 1. The number of carbonyl (C=O) groups excluding carboxylic acids is 1. The Hall–Kier alpha value is -1.57. The largest absolute Gasteiger partial charge is 0.481 e. The van der Waals surface area contributed by atoms with Crippen molar-refractivity contribution in [3.05, 3.63) is 11.1 Å². The highest BCUT2D eigenvalue weighted by Crippen LogP contribution is 2.38. The number of halogens is 3. The molecule has 0 radical (unpaired) electrons. The van der Waals surface area contributed by atoms with Gasteiger partial charge in [0.2, 0.25) is 0 Å². The van der Waals surface area contributed by atoms with Gasteiger partial charge in [-0.1, -0.05) is 0 Å². The van der Waals surface area contributed by atoms with Gasteiger partial charge in [-0.05, 0) is 18.4 Å². The smallest absolute Gasteiger partial charge is 0.423 e. The van der Waals surface area contributed by atoms with Crippen molar-refractivity contribution in [1.82, 2.24) is 0 Å². The minimum Gasteiger partial charge on any atom is -0.481 e. The summed E-state index contributed by atoms with van der Waals surface area (Å²) >= 11 is 0. The average molecular weight is 267 g/mol. The van der Waals surface area contributed by atoms with E-state index >= 15 is 0 Å². The lowest BCUT2D eigenvalue weighted by atomic mass is 10.0. The summed E-state index contributed by atoms with van der Waals surface area (Å²) in [5.41, 5.74) is 3.58. The summed E-state index contributed by atoms with van der Waals surface area (Å²) in [4.78, 5) is 21.9. The molecule has 3 N–H and O–H groups in total. The zero-order valence-corrected chi connectivity index (χ0v) is 9.45. The van der Waals surface area contributed by atoms with Crippen molar-refractivity contribution < 1.29 is 32.6 Å². The van der Waals surface area contributed by atoms with Crippen molar-refractivity contribution >= 4 is 11.9 Å². The van der Waals surface area contributed by atoms with Gasteiger partial charge in [0.05, 0.1) is 13.0 Å². The molecule has 0 aromatic carbocycles. The van der Waals surface area contributed by atoms with E-state index in [0.29, 0.717) is 0 Å². The van der Waals surface area contributed by atoms with Gasteiger partial charge in [-0.15, -0.1) is 0 Å². The second-order valence-electron chi connectivity index (χ2n) is 3.97. The van der Waals surface area contributed by atoms with Gasteiger partial charge in [-0.3, -0.25) is 4.79 Å². The number of alkyl halides is 3. The van der Waals surface area contributed by atoms with Crippen LogP contribution in [0.4, 0.5) is 13.2 Å². The molecule has 0 amide bonds. The summed E-state index contributed by atoms with van der Waals surface area (Å²) in [7, 11) is 0.823. The molecular formula is C10H12F3NO4. The molecule has 1 rings (SSSR count). The number of esters is 1. The topological polar surface area (TPSA) is 89.6 Å². The molecule has 0 aromatic rings. The third-order valence-corrected chi connectivity index (χ3v) is 2.80. The van der Waals surface area contributed by atoms with Crippen molar-refractivity contribution in [2.24, 2.45) is 11.7 Å². The average Bonchev–Trinajstić information content (AvgIpc) is 2.59. The second kappa shape index (κ2) is 4.97. The molecule has 1 aliphatic carbocycles. The highest BCUT2D eigenvalue weighted by atomic mass is 19.4. The first kappa shape index (κ1) is 14.5. The second-order valence-corrected chi connectivity index (χ2v) is 3.97. The summed E-state index contributed by atoms with van der Waals surface area (Å²) in [6.07, 6.45) is -5.42. The van der Waals surface area contributed by atoms with Crippen LogP contribution in [0.3, 0.4) is 0 Å². The van der Waals surface area contributed by atoms with Gasteiger partial charge in [0.1, 0.15) is 5.57 Å². The maximum atomic E-state index is 12.7. The summed E-state index contributed by atoms with van der Waals surface area (Å²) in [5.74, 6) is -3.78. The summed E-state index contributed by atoms with van der Waals surface area (Å²) < 4.78 is 42.3. The van der Waals surface area contributed by atoms with Crippen LogP contribution in [0.5, 0.6) is 0 Å². The molecule has 102 valence electrons. The van der Waals surface area contributed by atoms with Crippen molar-refractivity contribution in [1.29, 1.82) is 0 Å². The van der Waals surface area contributed by atoms with Crippen molar-refractivity contribution in [3.8, 4) is 0 Å². The summed E-state index contributed by atoms with van der Waals surface area (Å²) in [6.45, 7) is 0. The molecule has 0 heterocycles. The molecule has 1 aliphatic rings. The van der Waals surface area contributed by atoms with Crippen molar-refractivity contribution in [2.75, 3.05) is 7.11 Å². The van der Waals surface area contributed by atoms with E-state index in [1.54, 1.807) is 0 Å². The fraction of sp³-hybridized carbons (Fsp3) is 0.600. The Morgan fingerprint density at radius 3 is 2.33 bits per heavy atom. The minimum absolute atomic E-state index is 0.124. The molecule has 0 aromatic heterocycles. The zero-order valence-electron chi connectivity index (χ0n) is 9.45. The number of aliphatic carboxylic acids is 1. The van der Waals surface area contributed by atoms with E-state index in [1.165, 1.54) is 0 Å². The predicted octanol–water partition coefficient (Wildman–Crippen LogP) is 0.840. The molecule has 0 bridgehead atoms. The number of nitrogens with two attached hydrogens (primary N) is 1. The number of carboxylic acid groups (broad SMARTS) is 1. The van der Waals surface area contributed by atoms with E-state index < -0.39 is 41.2 Å². The Morgan fingerprint density at radius 2 is 2.00 bits per heavy atom. The lowest BCUT2D eigenvalue weighted by Crippen LogP contribution is -2.28. The zero-order chi connectivity index (χ0) is 14.1. The van der Waals surface area contributed by atoms with E-state index in [0.717, 1.165) is 7.11 Å². The molecule has 8 heteroatoms. The summed E-state index contributed by atoms with van der Waals surface area (Å²) in [6, 6.07) is -1.10. The summed E-state index contributed by atoms with van der Waals surface area (Å²) in [5, 5.41) is 8.75. The van der Waals surface area contributed by atoms with Crippen molar-refractivity contribution in [3.63, 3.8) is 0 Å². The quantitative estimate of drug-likeness (QED) is 0.571. The molecule has 5 nitrogen and oxygen atoms in total. The Bertz CT molecular complexity index is 402. The van der Waals surface area contributed by atoms with Crippen LogP contribution < -0.4 is 5.73 Å². The normalized spacial score (nSPS) is 26.9. The van der Waals surface area contributed by atoms with E-state index in [-0.39, 0.29) is 12.8 Å². The standard InChI is InChI=1S/C10H12F3NO4/c1-18-9(17)7(10(11,12)13)5-2-4(8(15)16)3-6(5)14/h4,6H,2-3,14H2,1H3,(H,15,16)/b7-5-/t4-,6-/m0/s1. The van der Waals surface area contributed by atoms with Gasteiger partial charge in [0, 0.05) is 6.04 Å². The molecular weight excluding hydrogens is 255 g/mol. The molecule has 0 spiro atoms. The van der Waals surface area contributed by atoms with Gasteiger partial charge < -0.3 is 15.6 Å². The van der Waals surface area contributed by atoms with Gasteiger partial charge >= 0.3 is 18.1 Å². The van der Waals surface area contributed by atoms with Gasteiger partial charge in [0.25, 0.3) is 0 Å². The number of carboxylic acids is 1. The minimum atomic E-state index is -4.91.